The Hall–Kier alpha value is -2.12. The number of pyridine rings is 1. The number of aldehydes is 1. The van der Waals surface area contributed by atoms with Crippen molar-refractivity contribution >= 4 is 46.5 Å². The van der Waals surface area contributed by atoms with E-state index in [4.69, 9.17) is 17.3 Å². The minimum absolute atomic E-state index is 0.244. The number of nitrogen functional groups attached to an aromatic ring is 1. The molecule has 0 radical (unpaired) electrons. The van der Waals surface area contributed by atoms with Gasteiger partial charge in [0, 0.05) is 17.5 Å². The first-order valence-electron chi connectivity index (χ1n) is 6.55. The van der Waals surface area contributed by atoms with Crippen molar-refractivity contribution < 1.29 is 4.79 Å². The molecule has 0 saturated carbocycles. The number of nitrogens with one attached hydrogen (secondary N) is 1. The third kappa shape index (κ3) is 2.53. The molecule has 0 aliphatic heterocycles. The third-order valence-electron chi connectivity index (χ3n) is 3.18. The molecule has 6 nitrogen and oxygen atoms in total. The first kappa shape index (κ1) is 14.8. The van der Waals surface area contributed by atoms with E-state index in [1.54, 1.807) is 12.3 Å². The van der Waals surface area contributed by atoms with E-state index in [9.17, 15) is 4.79 Å². The molecule has 0 saturated heterocycles. The summed E-state index contributed by atoms with van der Waals surface area (Å²) in [5.74, 6) is 0.404. The molecule has 0 spiro atoms. The lowest BCUT2D eigenvalue weighted by atomic mass is 10.2. The number of aryl methyl sites for hydroxylation is 1. The topological polar surface area (TPSA) is 97.6 Å². The van der Waals surface area contributed by atoms with Crippen LogP contribution < -0.4 is 5.73 Å². The number of anilines is 1. The SMILES string of the molecule is CCc1[nH]c2nc(Sc3cccnc3N)nc(Cl)c2c1C=O. The first-order chi connectivity index (χ1) is 10.6. The van der Waals surface area contributed by atoms with Gasteiger partial charge in [-0.3, -0.25) is 4.79 Å². The molecule has 0 aromatic carbocycles. The van der Waals surface area contributed by atoms with E-state index >= 15 is 0 Å². The molecule has 0 atom stereocenters. The number of nitrogens with zero attached hydrogens (tertiary/aromatic N) is 3. The first-order valence-corrected chi connectivity index (χ1v) is 7.75. The Labute approximate surface area is 135 Å². The van der Waals surface area contributed by atoms with Crippen molar-refractivity contribution in [2.45, 2.75) is 23.4 Å². The molecule has 3 rings (SSSR count). The number of hydrogen-bond donors (Lipinski definition) is 2. The standard InChI is InChI=1S/C14H12ClN5OS/c1-2-8-7(6-21)10-11(15)19-14(20-13(10)18-8)22-9-4-3-5-17-12(9)16/h3-6H,2H2,1H3,(H2,16,17)(H,18,19,20). The fourth-order valence-electron chi connectivity index (χ4n) is 2.15. The number of aromatic nitrogens is 4. The monoisotopic (exact) mass is 333 g/mol. The minimum atomic E-state index is 0.244. The molecule has 0 amide bonds. The number of carbonyl (C=O) groups is 1. The molecule has 3 N–H and O–H groups in total. The van der Waals surface area contributed by atoms with Crippen LogP contribution in [0.5, 0.6) is 0 Å². The van der Waals surface area contributed by atoms with Gasteiger partial charge in [0.25, 0.3) is 0 Å². The van der Waals surface area contributed by atoms with E-state index in [1.807, 2.05) is 13.0 Å². The van der Waals surface area contributed by atoms with Crippen molar-refractivity contribution in [1.29, 1.82) is 0 Å². The maximum Gasteiger partial charge on any atom is 0.196 e. The maximum absolute atomic E-state index is 11.3. The van der Waals surface area contributed by atoms with E-state index in [0.717, 1.165) is 16.9 Å². The molecule has 0 bridgehead atoms. The van der Waals surface area contributed by atoms with Crippen LogP contribution in [0.15, 0.2) is 28.4 Å². The van der Waals surface area contributed by atoms with Crippen LogP contribution in [0.25, 0.3) is 11.0 Å². The molecule has 0 aliphatic rings. The summed E-state index contributed by atoms with van der Waals surface area (Å²) in [6.07, 6.45) is 3.07. The average molecular weight is 334 g/mol. The van der Waals surface area contributed by atoms with Crippen LogP contribution in [0.2, 0.25) is 5.15 Å². The summed E-state index contributed by atoms with van der Waals surface area (Å²) in [6, 6.07) is 3.62. The molecule has 0 unspecified atom stereocenters. The van der Waals surface area contributed by atoms with E-state index < -0.39 is 0 Å². The van der Waals surface area contributed by atoms with Gasteiger partial charge in [-0.1, -0.05) is 18.5 Å². The number of aromatic amines is 1. The number of fused-ring (bicyclic) bond motifs is 1. The summed E-state index contributed by atoms with van der Waals surface area (Å²) >= 11 is 7.50. The third-order valence-corrected chi connectivity index (χ3v) is 4.38. The summed E-state index contributed by atoms with van der Waals surface area (Å²) in [6.45, 7) is 1.95. The van der Waals surface area contributed by atoms with E-state index in [-0.39, 0.29) is 5.15 Å². The van der Waals surface area contributed by atoms with Gasteiger partial charge in [-0.05, 0) is 30.3 Å². The van der Waals surface area contributed by atoms with E-state index in [1.165, 1.54) is 11.8 Å². The highest BCUT2D eigenvalue weighted by Crippen LogP contribution is 2.33. The summed E-state index contributed by atoms with van der Waals surface area (Å²) in [5.41, 5.74) is 7.67. The van der Waals surface area contributed by atoms with Crippen molar-refractivity contribution in [3.63, 3.8) is 0 Å². The summed E-state index contributed by atoms with van der Waals surface area (Å²) in [4.78, 5) is 27.8. The Balaban J connectivity index is 2.10. The molecule has 0 fully saturated rings. The van der Waals surface area contributed by atoms with Gasteiger partial charge in [0.15, 0.2) is 11.4 Å². The van der Waals surface area contributed by atoms with Crippen molar-refractivity contribution in [2.75, 3.05) is 5.73 Å². The molecular weight excluding hydrogens is 322 g/mol. The van der Waals surface area contributed by atoms with Crippen LogP contribution >= 0.6 is 23.4 Å². The van der Waals surface area contributed by atoms with Crippen LogP contribution in [0, 0.1) is 0 Å². The molecule has 8 heteroatoms. The van der Waals surface area contributed by atoms with Gasteiger partial charge in [-0.25, -0.2) is 15.0 Å². The lowest BCUT2D eigenvalue weighted by molar-refractivity contribution is 0.112. The van der Waals surface area contributed by atoms with Crippen molar-refractivity contribution in [3.8, 4) is 0 Å². The highest BCUT2D eigenvalue weighted by molar-refractivity contribution is 7.99. The number of H-pyrrole nitrogens is 1. The molecule has 112 valence electrons. The quantitative estimate of drug-likeness (QED) is 0.432. The predicted molar refractivity (Wildman–Crippen MR) is 86.4 cm³/mol. The number of rotatable bonds is 4. The molecule has 3 heterocycles. The molecule has 3 aromatic rings. The maximum atomic E-state index is 11.3. The van der Waals surface area contributed by atoms with Gasteiger partial charge in [0.2, 0.25) is 0 Å². The van der Waals surface area contributed by atoms with E-state index in [0.29, 0.717) is 34.0 Å². The van der Waals surface area contributed by atoms with Crippen LogP contribution in [-0.4, -0.2) is 26.2 Å². The largest absolute Gasteiger partial charge is 0.383 e. The van der Waals surface area contributed by atoms with Crippen LogP contribution in [0.4, 0.5) is 5.82 Å². The van der Waals surface area contributed by atoms with Gasteiger partial charge >= 0.3 is 0 Å². The van der Waals surface area contributed by atoms with Gasteiger partial charge in [-0.15, -0.1) is 0 Å². The zero-order chi connectivity index (χ0) is 15.7. The zero-order valence-electron chi connectivity index (χ0n) is 11.6. The second-order valence-corrected chi connectivity index (χ2v) is 5.87. The molecule has 0 aliphatic carbocycles. The summed E-state index contributed by atoms with van der Waals surface area (Å²) in [5, 5.41) is 1.24. The smallest absolute Gasteiger partial charge is 0.196 e. The van der Waals surface area contributed by atoms with Crippen molar-refractivity contribution in [3.05, 3.63) is 34.7 Å². The van der Waals surface area contributed by atoms with Gasteiger partial charge < -0.3 is 10.7 Å². The normalized spacial score (nSPS) is 11.0. The predicted octanol–water partition coefficient (Wildman–Crippen LogP) is 3.11. The zero-order valence-corrected chi connectivity index (χ0v) is 13.2. The number of nitrogens with two attached hydrogens (primary N) is 1. The van der Waals surface area contributed by atoms with Gasteiger partial charge in [0.1, 0.15) is 16.6 Å². The highest BCUT2D eigenvalue weighted by atomic mass is 35.5. The van der Waals surface area contributed by atoms with Crippen LogP contribution in [0.1, 0.15) is 23.0 Å². The fraction of sp³-hybridized carbons (Fsp3) is 0.143. The lowest BCUT2D eigenvalue weighted by Gasteiger charge is -2.03. The summed E-state index contributed by atoms with van der Waals surface area (Å²) in [7, 11) is 0. The Bertz CT molecular complexity index is 864. The Morgan fingerprint density at radius 2 is 2.27 bits per heavy atom. The Morgan fingerprint density at radius 3 is 2.95 bits per heavy atom. The second kappa shape index (κ2) is 5.94. The van der Waals surface area contributed by atoms with Crippen LogP contribution in [-0.2, 0) is 6.42 Å². The highest BCUT2D eigenvalue weighted by Gasteiger charge is 2.17. The fourth-order valence-corrected chi connectivity index (χ4v) is 3.24. The van der Waals surface area contributed by atoms with E-state index in [2.05, 4.69) is 19.9 Å². The Morgan fingerprint density at radius 1 is 1.45 bits per heavy atom. The van der Waals surface area contributed by atoms with Gasteiger partial charge in [0.05, 0.1) is 10.3 Å². The average Bonchev–Trinajstić information content (AvgIpc) is 2.87. The second-order valence-electron chi connectivity index (χ2n) is 4.50. The lowest BCUT2D eigenvalue weighted by Crippen LogP contribution is -1.94. The number of hydrogen-bond acceptors (Lipinski definition) is 6. The number of halogens is 1. The van der Waals surface area contributed by atoms with Crippen molar-refractivity contribution in [1.82, 2.24) is 19.9 Å². The molecular formula is C14H12ClN5OS. The minimum Gasteiger partial charge on any atom is -0.383 e. The van der Waals surface area contributed by atoms with Crippen molar-refractivity contribution in [2.24, 2.45) is 0 Å². The summed E-state index contributed by atoms with van der Waals surface area (Å²) < 4.78 is 0. The molecule has 22 heavy (non-hydrogen) atoms. The molecule has 3 aromatic heterocycles. The number of carbonyl (C=O) groups excluding carboxylic acids is 1. The Kier molecular flexibility index (Phi) is 4.00. The van der Waals surface area contributed by atoms with Gasteiger partial charge in [-0.2, -0.15) is 0 Å². The van der Waals surface area contributed by atoms with Crippen LogP contribution in [0.3, 0.4) is 0 Å².